The molecule has 2 aromatic rings. The van der Waals surface area contributed by atoms with Crippen LogP contribution in [-0.2, 0) is 0 Å². The highest BCUT2D eigenvalue weighted by molar-refractivity contribution is 6.06. The second-order valence-electron chi connectivity index (χ2n) is 8.83. The van der Waals surface area contributed by atoms with Crippen LogP contribution in [-0.4, -0.2) is 67.6 Å². The van der Waals surface area contributed by atoms with Gasteiger partial charge in [-0.05, 0) is 56.2 Å². The van der Waals surface area contributed by atoms with Crippen LogP contribution in [0.4, 0.5) is 5.69 Å². The number of piperazine rings is 1. The van der Waals surface area contributed by atoms with Gasteiger partial charge in [0.2, 0.25) is 5.96 Å². The van der Waals surface area contributed by atoms with Crippen molar-refractivity contribution in [2.45, 2.75) is 45.1 Å². The van der Waals surface area contributed by atoms with Crippen molar-refractivity contribution in [2.75, 3.05) is 39.9 Å². The lowest BCUT2D eigenvalue weighted by atomic mass is 9.94. The van der Waals surface area contributed by atoms with Crippen LogP contribution in [0, 0.1) is 0 Å². The number of guanidine groups is 1. The van der Waals surface area contributed by atoms with Gasteiger partial charge in [-0.3, -0.25) is 15.0 Å². The van der Waals surface area contributed by atoms with Crippen LogP contribution in [0.2, 0.25) is 0 Å². The van der Waals surface area contributed by atoms with Gasteiger partial charge < -0.3 is 14.4 Å². The molecule has 2 aromatic carbocycles. The normalized spacial score (nSPS) is 17.9. The summed E-state index contributed by atoms with van der Waals surface area (Å²) in [5, 5.41) is 3.07. The molecule has 2 fully saturated rings. The monoisotopic (exact) mass is 464 g/mol. The SMILES string of the molecule is CCOc1ccc(C(=O)NC(=Nc2ccccc2OC)N2CCN(C3CCCCC3)CC2)cc1. The maximum absolute atomic E-state index is 13.1. The fourth-order valence-electron chi connectivity index (χ4n) is 4.80. The number of carbonyl (C=O) groups is 1. The van der Waals surface area contributed by atoms with E-state index in [1.54, 1.807) is 19.2 Å². The van der Waals surface area contributed by atoms with Crippen molar-refractivity contribution in [3.05, 3.63) is 54.1 Å². The Balaban J connectivity index is 1.51. The van der Waals surface area contributed by atoms with Crippen LogP contribution in [0.25, 0.3) is 0 Å². The van der Waals surface area contributed by atoms with E-state index in [4.69, 9.17) is 14.5 Å². The van der Waals surface area contributed by atoms with Crippen LogP contribution in [0.3, 0.4) is 0 Å². The van der Waals surface area contributed by atoms with Crippen molar-refractivity contribution in [1.82, 2.24) is 15.1 Å². The van der Waals surface area contributed by atoms with Crippen LogP contribution >= 0.6 is 0 Å². The molecule has 1 N–H and O–H groups in total. The summed E-state index contributed by atoms with van der Waals surface area (Å²) in [6.07, 6.45) is 6.64. The largest absolute Gasteiger partial charge is 0.494 e. The first kappa shape index (κ1) is 24.1. The number of ether oxygens (including phenoxy) is 2. The number of rotatable bonds is 6. The average molecular weight is 465 g/mol. The smallest absolute Gasteiger partial charge is 0.257 e. The Labute approximate surface area is 202 Å². The molecule has 2 aliphatic rings. The fraction of sp³-hybridized carbons (Fsp3) is 0.481. The second-order valence-corrected chi connectivity index (χ2v) is 8.83. The Hall–Kier alpha value is -3.06. The van der Waals surface area contributed by atoms with Gasteiger partial charge >= 0.3 is 0 Å². The Morgan fingerprint density at radius 2 is 1.71 bits per heavy atom. The molecule has 1 saturated carbocycles. The molecule has 4 rings (SSSR count). The van der Waals surface area contributed by atoms with Crippen LogP contribution in [0.15, 0.2) is 53.5 Å². The van der Waals surface area contributed by atoms with Crippen molar-refractivity contribution < 1.29 is 14.3 Å². The molecule has 0 atom stereocenters. The molecule has 0 unspecified atom stereocenters. The third-order valence-electron chi connectivity index (χ3n) is 6.67. The van der Waals surface area contributed by atoms with Crippen LogP contribution in [0.5, 0.6) is 11.5 Å². The molecule has 1 aliphatic heterocycles. The Bertz CT molecular complexity index is 962. The molecule has 0 spiro atoms. The minimum Gasteiger partial charge on any atom is -0.494 e. The summed E-state index contributed by atoms with van der Waals surface area (Å²) >= 11 is 0. The zero-order valence-corrected chi connectivity index (χ0v) is 20.3. The highest BCUT2D eigenvalue weighted by Crippen LogP contribution is 2.27. The van der Waals surface area contributed by atoms with Crippen LogP contribution in [0.1, 0.15) is 49.4 Å². The molecule has 1 heterocycles. The predicted octanol–water partition coefficient (Wildman–Crippen LogP) is 4.46. The standard InChI is InChI=1S/C27H36N4O3/c1-3-34-23-15-13-21(14-16-23)26(32)29-27(28-24-11-7-8-12-25(24)33-2)31-19-17-30(18-20-31)22-9-5-4-6-10-22/h7-8,11-16,22H,3-6,9-10,17-20H2,1-2H3,(H,28,29,32). The zero-order valence-electron chi connectivity index (χ0n) is 20.3. The van der Waals surface area contributed by atoms with E-state index in [-0.39, 0.29) is 5.91 Å². The van der Waals surface area contributed by atoms with Gasteiger partial charge in [-0.15, -0.1) is 0 Å². The van der Waals surface area contributed by atoms with E-state index in [0.29, 0.717) is 35.6 Å². The van der Waals surface area contributed by atoms with E-state index in [1.165, 1.54) is 32.1 Å². The topological polar surface area (TPSA) is 66.4 Å². The lowest BCUT2D eigenvalue weighted by Crippen LogP contribution is -2.55. The van der Waals surface area contributed by atoms with Crippen molar-refractivity contribution in [1.29, 1.82) is 0 Å². The summed E-state index contributed by atoms with van der Waals surface area (Å²) in [7, 11) is 1.63. The minimum absolute atomic E-state index is 0.189. The molecular weight excluding hydrogens is 428 g/mol. The first-order valence-corrected chi connectivity index (χ1v) is 12.4. The van der Waals surface area contributed by atoms with E-state index < -0.39 is 0 Å². The Morgan fingerprint density at radius 1 is 1.00 bits per heavy atom. The first-order chi connectivity index (χ1) is 16.7. The number of amides is 1. The van der Waals surface area contributed by atoms with Crippen molar-refractivity contribution in [3.8, 4) is 11.5 Å². The number of methoxy groups -OCH3 is 1. The predicted molar refractivity (Wildman–Crippen MR) is 135 cm³/mol. The molecule has 7 heteroatoms. The third kappa shape index (κ3) is 6.08. The molecule has 0 radical (unpaired) electrons. The quantitative estimate of drug-likeness (QED) is 0.505. The van der Waals surface area contributed by atoms with E-state index in [2.05, 4.69) is 15.1 Å². The van der Waals surface area contributed by atoms with Gasteiger partial charge in [-0.1, -0.05) is 31.4 Å². The number of nitrogens with one attached hydrogen (secondary N) is 1. The van der Waals surface area contributed by atoms with Crippen molar-refractivity contribution in [3.63, 3.8) is 0 Å². The van der Waals surface area contributed by atoms with Gasteiger partial charge in [-0.2, -0.15) is 0 Å². The molecule has 7 nitrogen and oxygen atoms in total. The third-order valence-corrected chi connectivity index (χ3v) is 6.67. The second kappa shape index (κ2) is 11.9. The van der Waals surface area contributed by atoms with Gasteiger partial charge in [0.1, 0.15) is 17.2 Å². The molecular formula is C27H36N4O3. The minimum atomic E-state index is -0.189. The van der Waals surface area contributed by atoms with Gasteiger partial charge in [0, 0.05) is 37.8 Å². The van der Waals surface area contributed by atoms with Gasteiger partial charge in [0.25, 0.3) is 5.91 Å². The van der Waals surface area contributed by atoms with E-state index >= 15 is 0 Å². The lowest BCUT2D eigenvalue weighted by Gasteiger charge is -2.41. The van der Waals surface area contributed by atoms with Crippen molar-refractivity contribution >= 4 is 17.6 Å². The summed E-state index contributed by atoms with van der Waals surface area (Å²) in [6, 6.07) is 15.5. The van der Waals surface area contributed by atoms with Gasteiger partial charge in [0.15, 0.2) is 0 Å². The number of benzene rings is 2. The number of para-hydroxylation sites is 2. The number of hydrogen-bond donors (Lipinski definition) is 1. The Morgan fingerprint density at radius 3 is 2.38 bits per heavy atom. The average Bonchev–Trinajstić information content (AvgIpc) is 2.90. The molecule has 1 aliphatic carbocycles. The zero-order chi connectivity index (χ0) is 23.8. The maximum atomic E-state index is 13.1. The summed E-state index contributed by atoms with van der Waals surface area (Å²) in [6.45, 7) is 6.15. The number of hydrogen-bond acceptors (Lipinski definition) is 5. The number of nitrogens with zero attached hydrogens (tertiary/aromatic N) is 3. The van der Waals surface area contributed by atoms with E-state index in [0.717, 1.165) is 31.9 Å². The molecule has 0 aromatic heterocycles. The Kier molecular flexibility index (Phi) is 8.41. The molecule has 1 saturated heterocycles. The first-order valence-electron chi connectivity index (χ1n) is 12.4. The van der Waals surface area contributed by atoms with Crippen LogP contribution < -0.4 is 14.8 Å². The number of carbonyl (C=O) groups excluding carboxylic acids is 1. The highest BCUT2D eigenvalue weighted by atomic mass is 16.5. The highest BCUT2D eigenvalue weighted by Gasteiger charge is 2.27. The molecule has 0 bridgehead atoms. The van der Waals surface area contributed by atoms with Gasteiger partial charge in [0.05, 0.1) is 13.7 Å². The summed E-state index contributed by atoms with van der Waals surface area (Å²) in [4.78, 5) is 22.8. The molecule has 1 amide bonds. The summed E-state index contributed by atoms with van der Waals surface area (Å²) in [5.74, 6) is 1.80. The number of aliphatic imine (C=N–C) groups is 1. The molecule has 182 valence electrons. The van der Waals surface area contributed by atoms with Gasteiger partial charge in [-0.25, -0.2) is 4.99 Å². The maximum Gasteiger partial charge on any atom is 0.257 e. The fourth-order valence-corrected chi connectivity index (χ4v) is 4.80. The van der Waals surface area contributed by atoms with E-state index in [1.807, 2.05) is 43.3 Å². The lowest BCUT2D eigenvalue weighted by molar-refractivity contribution is 0.0943. The summed E-state index contributed by atoms with van der Waals surface area (Å²) < 4.78 is 11.0. The van der Waals surface area contributed by atoms with Crippen molar-refractivity contribution in [2.24, 2.45) is 4.99 Å². The van der Waals surface area contributed by atoms with E-state index in [9.17, 15) is 4.79 Å². The summed E-state index contributed by atoms with van der Waals surface area (Å²) in [5.41, 5.74) is 1.26. The molecule has 34 heavy (non-hydrogen) atoms.